The van der Waals surface area contributed by atoms with E-state index < -0.39 is 140 Å². The number of fused-ring (bicyclic) bond motifs is 2. The summed E-state index contributed by atoms with van der Waals surface area (Å²) >= 11 is 0. The van der Waals surface area contributed by atoms with E-state index >= 15 is 0 Å². The number of aromatic nitrogens is 10. The Hall–Kier alpha value is -4.48. The van der Waals surface area contributed by atoms with Gasteiger partial charge in [0.2, 0.25) is 11.7 Å². The van der Waals surface area contributed by atoms with Gasteiger partial charge in [-0.2, -0.15) is 4.31 Å². The van der Waals surface area contributed by atoms with Crippen LogP contribution in [0.3, 0.4) is 0 Å². The van der Waals surface area contributed by atoms with Gasteiger partial charge in [0.25, 0.3) is 17.1 Å². The SMILES string of the molecule is [B-]P(=O)(OC[C@H]1O[C@@H]([n+]2cn(C)c3c(=O)[nH]c(N)nc32)[C@H](O)[C@@H]1COC)OP(=O)(O)OP(=O)(O)OC[C@H]1O[C@@H](n2cnc3c(N)ncnc32)[C@H](OC)[C@@H]1P(=O)(O)OC[C@H]1O[C@@H](n2ccc(=O)[nH]c2=O)[C@H](O)[C@@H]1O. The van der Waals surface area contributed by atoms with Gasteiger partial charge in [-0.3, -0.25) is 42.3 Å². The molecule has 0 saturated carbocycles. The van der Waals surface area contributed by atoms with E-state index in [4.69, 9.17) is 56.3 Å². The van der Waals surface area contributed by atoms with Crippen molar-refractivity contribution in [3.8, 4) is 0 Å². The van der Waals surface area contributed by atoms with Crippen LogP contribution in [0.2, 0.25) is 0 Å². The first-order chi connectivity index (χ1) is 34.2. The number of rotatable bonds is 20. The lowest BCUT2D eigenvalue weighted by Crippen LogP contribution is -2.45. The van der Waals surface area contributed by atoms with Crippen molar-refractivity contribution in [1.29, 1.82) is 0 Å². The number of nitrogen functional groups attached to an aromatic ring is 2. The highest BCUT2D eigenvalue weighted by Gasteiger charge is 2.57. The van der Waals surface area contributed by atoms with Crippen LogP contribution >= 0.6 is 30.7 Å². The number of H-pyrrole nitrogens is 2. The van der Waals surface area contributed by atoms with Gasteiger partial charge in [-0.15, -0.1) is 0 Å². The molecule has 0 aliphatic carbocycles. The molecule has 40 heteroatoms. The minimum atomic E-state index is -6.06. The third-order valence-electron chi connectivity index (χ3n) is 11.7. The number of nitrogens with one attached hydrogen (secondary N) is 2. The molecule has 5 aromatic heterocycles. The molecule has 3 radical (unpaired) electrons. The topological polar surface area (TPSA) is 487 Å². The maximum atomic E-state index is 14.3. The summed E-state index contributed by atoms with van der Waals surface area (Å²) in [6.45, 7) is -3.30. The van der Waals surface area contributed by atoms with Crippen LogP contribution in [-0.2, 0) is 71.2 Å². The highest BCUT2D eigenvalue weighted by atomic mass is 31.3. The highest BCUT2D eigenvalue weighted by Crippen LogP contribution is 2.68. The Morgan fingerprint density at radius 3 is 2.22 bits per heavy atom. The molecule has 0 spiro atoms. The fraction of sp³-hybridized carbons (Fsp3) is 0.576. The second kappa shape index (κ2) is 20.9. The Labute approximate surface area is 408 Å². The largest absolute Gasteiger partial charge is 0.485 e. The summed E-state index contributed by atoms with van der Waals surface area (Å²) in [5.41, 5.74) is 7.42. The van der Waals surface area contributed by atoms with E-state index in [0.717, 1.165) is 36.6 Å². The number of methoxy groups -OCH3 is 2. The molecule has 4 unspecified atom stereocenters. The number of aromatic amines is 2. The Morgan fingerprint density at radius 1 is 0.822 bits per heavy atom. The second-order valence-electron chi connectivity index (χ2n) is 16.4. The van der Waals surface area contributed by atoms with Crippen molar-refractivity contribution in [3.05, 3.63) is 62.4 Å². The lowest BCUT2D eigenvalue weighted by atomic mass is 9.99. The number of nitrogens with two attached hydrogens (primary N) is 2. The van der Waals surface area contributed by atoms with E-state index in [9.17, 15) is 62.6 Å². The first-order valence-corrected chi connectivity index (χ1v) is 27.3. The molecule has 0 amide bonds. The van der Waals surface area contributed by atoms with Crippen LogP contribution in [-0.4, -0.2) is 170 Å². The minimum absolute atomic E-state index is 0.00329. The Bertz CT molecular complexity index is 3250. The van der Waals surface area contributed by atoms with Crippen LogP contribution in [0.5, 0.6) is 0 Å². The Balaban J connectivity index is 0.957. The van der Waals surface area contributed by atoms with E-state index in [1.54, 1.807) is 0 Å². The van der Waals surface area contributed by atoms with Crippen molar-refractivity contribution in [2.45, 2.75) is 67.1 Å². The smallest absolute Gasteiger partial charge is 0.443 e. The van der Waals surface area contributed by atoms with E-state index in [1.807, 2.05) is 4.98 Å². The first-order valence-electron chi connectivity index (χ1n) is 21.0. The zero-order valence-corrected chi connectivity index (χ0v) is 41.4. The van der Waals surface area contributed by atoms with Gasteiger partial charge in [0.15, 0.2) is 30.2 Å². The molecule has 5 aromatic rings. The fourth-order valence-corrected chi connectivity index (χ4v) is 13.9. The number of hydrogen-bond donors (Lipinski definition) is 10. The molecular formula is C33H46BN12O23P4. The molecule has 8 heterocycles. The number of phosphoric ester groups is 1. The average molecular weight is 1110 g/mol. The van der Waals surface area contributed by atoms with Gasteiger partial charge < -0.3 is 86.3 Å². The van der Waals surface area contributed by atoms with Crippen molar-refractivity contribution in [3.63, 3.8) is 0 Å². The molecule has 35 nitrogen and oxygen atoms in total. The van der Waals surface area contributed by atoms with Gasteiger partial charge in [0.1, 0.15) is 54.1 Å². The number of nitrogens with zero attached hydrogens (tertiary/aromatic N) is 8. The lowest BCUT2D eigenvalue weighted by molar-refractivity contribution is -0.745. The zero-order chi connectivity index (χ0) is 53.1. The second-order valence-corrected chi connectivity index (χ2v) is 23.2. The molecule has 12 N–H and O–H groups in total. The molecule has 0 aromatic carbocycles. The van der Waals surface area contributed by atoms with E-state index in [2.05, 4.69) is 33.5 Å². The van der Waals surface area contributed by atoms with Gasteiger partial charge in [-0.05, 0) is 0 Å². The van der Waals surface area contributed by atoms with Crippen LogP contribution in [0.1, 0.15) is 18.7 Å². The molecule has 3 fully saturated rings. The predicted octanol–water partition coefficient (Wildman–Crippen LogP) is -3.73. The molecule has 3 aliphatic rings. The van der Waals surface area contributed by atoms with Gasteiger partial charge >= 0.3 is 34.6 Å². The number of ether oxygens (including phenoxy) is 5. The van der Waals surface area contributed by atoms with Crippen LogP contribution in [0.15, 0.2) is 45.6 Å². The summed E-state index contributed by atoms with van der Waals surface area (Å²) in [5, 5.41) is 32.8. The zero-order valence-electron chi connectivity index (χ0n) is 37.9. The van der Waals surface area contributed by atoms with Crippen molar-refractivity contribution >= 4 is 72.4 Å². The standard InChI is InChI=1S/C33H45BN12O23P4/c1-43-12-46(27-19(43)28(51)42-32(36)41-27)29-20(48)13(6-60-2)14(65-29)7-63-71(34,55)68-73(58,59)69-72(56,57)64-9-16-24(23(61-3)31(67-16)45-11-39-18-25(35)37-10-38-26(18)45)70(53,54)62-8-15-21(49)22(50)30(66-15)44-5-4-17(47)40-33(44)52/h4-5,10-16,20-24,29-31,48-50H,6-9H2,1-3H3,(H8-,35,36,37,38,40,41,42,47,51,52,53,54,56,57,58,59)/q-1/p+1/t13-,14-,15-,16-,20-,21-,22-,23-,24-,29-,30-,31-,71?/m1/s1. The van der Waals surface area contributed by atoms with Crippen molar-refractivity contribution < 1.29 is 98.7 Å². The molecule has 16 atom stereocenters. The van der Waals surface area contributed by atoms with E-state index in [-0.39, 0.29) is 40.7 Å². The van der Waals surface area contributed by atoms with Gasteiger partial charge in [0, 0.05) is 32.4 Å². The predicted molar refractivity (Wildman–Crippen MR) is 240 cm³/mol. The summed E-state index contributed by atoms with van der Waals surface area (Å²) in [6, 6.07) is 0.932. The quantitative estimate of drug-likeness (QED) is 0.0203. The van der Waals surface area contributed by atoms with Crippen LogP contribution in [0.25, 0.3) is 22.3 Å². The third-order valence-corrected chi connectivity index (χ3v) is 18.0. The maximum absolute atomic E-state index is 14.3. The fourth-order valence-electron chi connectivity index (χ4n) is 8.50. The number of imidazole rings is 2. The van der Waals surface area contributed by atoms with Crippen molar-refractivity contribution in [2.75, 3.05) is 52.1 Å². The summed E-state index contributed by atoms with van der Waals surface area (Å²) < 4.78 is 111. The molecule has 73 heavy (non-hydrogen) atoms. The van der Waals surface area contributed by atoms with Crippen LogP contribution in [0, 0.1) is 5.92 Å². The summed E-state index contributed by atoms with van der Waals surface area (Å²) in [6.07, 6.45) is -11.3. The Morgan fingerprint density at radius 2 is 1.52 bits per heavy atom. The lowest BCUT2D eigenvalue weighted by Gasteiger charge is -2.30. The highest BCUT2D eigenvalue weighted by molar-refractivity contribution is 7.84. The molecule has 0 bridgehead atoms. The molecule has 3 aliphatic heterocycles. The van der Waals surface area contributed by atoms with Crippen LogP contribution in [0.4, 0.5) is 11.8 Å². The monoisotopic (exact) mass is 1110 g/mol. The normalized spacial score (nSPS) is 30.9. The molecule has 3 saturated heterocycles. The minimum Gasteiger partial charge on any atom is -0.443 e. The number of anilines is 2. The van der Waals surface area contributed by atoms with Crippen molar-refractivity contribution in [2.24, 2.45) is 13.0 Å². The summed E-state index contributed by atoms with van der Waals surface area (Å²) in [7, 11) is -13.1. The van der Waals surface area contributed by atoms with E-state index in [1.165, 1.54) is 34.2 Å². The first kappa shape index (κ1) is 54.8. The van der Waals surface area contributed by atoms with Gasteiger partial charge in [0.05, 0.1) is 53.4 Å². The number of aliphatic hydroxyl groups is 3. The summed E-state index contributed by atoms with van der Waals surface area (Å²) in [4.78, 5) is 89.9. The Kier molecular flexibility index (Phi) is 15.7. The number of aryl methyl sites for hydroxylation is 1. The van der Waals surface area contributed by atoms with Gasteiger partial charge in [-0.1, -0.05) is 4.98 Å². The number of hydrogen-bond acceptors (Lipinski definition) is 26. The molecular weight excluding hydrogens is 1070 g/mol. The van der Waals surface area contributed by atoms with Gasteiger partial charge in [-0.25, -0.2) is 37.8 Å². The number of aliphatic hydroxyl groups excluding tert-OH is 3. The summed E-state index contributed by atoms with van der Waals surface area (Å²) in [5.74, 6) is -1.32. The third kappa shape index (κ3) is 11.3. The molecule has 8 rings (SSSR count). The number of phosphoric acid groups is 2. The average Bonchev–Trinajstić information content (AvgIpc) is 4.10. The van der Waals surface area contributed by atoms with Crippen LogP contribution < -0.4 is 32.8 Å². The van der Waals surface area contributed by atoms with E-state index in [0.29, 0.717) is 0 Å². The molecule has 399 valence electrons. The van der Waals surface area contributed by atoms with Crippen molar-refractivity contribution in [1.82, 2.24) is 43.6 Å². The maximum Gasteiger partial charge on any atom is 0.485 e.